The van der Waals surface area contributed by atoms with Crippen molar-refractivity contribution in [2.24, 2.45) is 5.92 Å². The Balaban J connectivity index is 2.57. The molecule has 0 aromatic carbocycles. The van der Waals surface area contributed by atoms with Gasteiger partial charge < -0.3 is 5.32 Å². The van der Waals surface area contributed by atoms with Gasteiger partial charge in [0.15, 0.2) is 0 Å². The lowest BCUT2D eigenvalue weighted by Gasteiger charge is -2.15. The van der Waals surface area contributed by atoms with Crippen molar-refractivity contribution in [3.63, 3.8) is 0 Å². The first kappa shape index (κ1) is 16.2. The van der Waals surface area contributed by atoms with E-state index in [2.05, 4.69) is 49.0 Å². The molecule has 0 aliphatic heterocycles. The van der Waals surface area contributed by atoms with Crippen molar-refractivity contribution in [2.45, 2.75) is 72.4 Å². The van der Waals surface area contributed by atoms with E-state index in [1.165, 1.54) is 31.2 Å². The van der Waals surface area contributed by atoms with Gasteiger partial charge >= 0.3 is 0 Å². The van der Waals surface area contributed by atoms with Crippen LogP contribution in [0.15, 0.2) is 12.4 Å². The molecule has 110 valence electrons. The first-order valence-corrected chi connectivity index (χ1v) is 8.00. The quantitative estimate of drug-likeness (QED) is 0.688. The molecule has 0 fully saturated rings. The van der Waals surface area contributed by atoms with Gasteiger partial charge in [-0.15, -0.1) is 0 Å². The Hall–Kier alpha value is -0.830. The molecule has 0 aliphatic rings. The molecule has 2 atom stereocenters. The highest BCUT2D eigenvalue weighted by atomic mass is 15.3. The number of rotatable bonds is 10. The van der Waals surface area contributed by atoms with Crippen LogP contribution in [0.1, 0.15) is 71.4 Å². The summed E-state index contributed by atoms with van der Waals surface area (Å²) in [5.74, 6) is 0.770. The van der Waals surface area contributed by atoms with E-state index in [9.17, 15) is 0 Å². The molecule has 0 aliphatic carbocycles. The fraction of sp³-hybridized carbons (Fsp3) is 0.812. The summed E-state index contributed by atoms with van der Waals surface area (Å²) in [4.78, 5) is 0. The van der Waals surface area contributed by atoms with E-state index in [1.807, 2.05) is 6.20 Å². The number of hydrogen-bond donors (Lipinski definition) is 1. The molecular formula is C16H31N3. The molecular weight excluding hydrogens is 234 g/mol. The van der Waals surface area contributed by atoms with Gasteiger partial charge in [-0.2, -0.15) is 5.10 Å². The Bertz CT molecular complexity index is 332. The van der Waals surface area contributed by atoms with Gasteiger partial charge in [-0.25, -0.2) is 0 Å². The molecule has 1 rings (SSSR count). The Labute approximate surface area is 118 Å². The van der Waals surface area contributed by atoms with E-state index in [-0.39, 0.29) is 0 Å². The lowest BCUT2D eigenvalue weighted by atomic mass is 9.99. The van der Waals surface area contributed by atoms with Gasteiger partial charge in [0.05, 0.1) is 6.20 Å². The third-order valence-electron chi connectivity index (χ3n) is 3.90. The van der Waals surface area contributed by atoms with Crippen molar-refractivity contribution in [1.29, 1.82) is 0 Å². The fourth-order valence-corrected chi connectivity index (χ4v) is 2.59. The van der Waals surface area contributed by atoms with E-state index in [1.54, 1.807) is 0 Å². The lowest BCUT2D eigenvalue weighted by molar-refractivity contribution is 0.372. The van der Waals surface area contributed by atoms with Crippen LogP contribution in [0.5, 0.6) is 0 Å². The van der Waals surface area contributed by atoms with Crippen LogP contribution in [-0.2, 0) is 6.54 Å². The largest absolute Gasteiger partial charge is 0.310 e. The van der Waals surface area contributed by atoms with E-state index in [0.29, 0.717) is 6.04 Å². The van der Waals surface area contributed by atoms with E-state index < -0.39 is 0 Å². The Morgan fingerprint density at radius 1 is 1.21 bits per heavy atom. The van der Waals surface area contributed by atoms with Gasteiger partial charge in [-0.1, -0.05) is 47.0 Å². The van der Waals surface area contributed by atoms with Crippen LogP contribution in [0.25, 0.3) is 0 Å². The maximum absolute atomic E-state index is 4.54. The number of nitrogens with zero attached hydrogens (tertiary/aromatic N) is 2. The second-order valence-corrected chi connectivity index (χ2v) is 5.43. The highest BCUT2D eigenvalue weighted by Crippen LogP contribution is 2.18. The maximum Gasteiger partial charge on any atom is 0.0537 e. The zero-order chi connectivity index (χ0) is 14.1. The molecule has 3 heteroatoms. The zero-order valence-corrected chi connectivity index (χ0v) is 13.2. The summed E-state index contributed by atoms with van der Waals surface area (Å²) in [5.41, 5.74) is 1.33. The van der Waals surface area contributed by atoms with Gasteiger partial charge in [-0.05, 0) is 25.3 Å². The van der Waals surface area contributed by atoms with Crippen molar-refractivity contribution in [3.8, 4) is 0 Å². The molecule has 0 saturated heterocycles. The average Bonchev–Trinajstić information content (AvgIpc) is 2.89. The lowest BCUT2D eigenvalue weighted by Crippen LogP contribution is -2.19. The topological polar surface area (TPSA) is 29.9 Å². The standard InChI is InChI=1S/C16H31N3/c1-5-9-10-14(6-2)12-19-13-15(11-18-19)16(7-3)17-8-4/h11,13-14,16-17H,5-10,12H2,1-4H3. The minimum atomic E-state index is 0.453. The Morgan fingerprint density at radius 2 is 2.00 bits per heavy atom. The van der Waals surface area contributed by atoms with Crippen molar-refractivity contribution < 1.29 is 0 Å². The maximum atomic E-state index is 4.54. The second-order valence-electron chi connectivity index (χ2n) is 5.43. The monoisotopic (exact) mass is 265 g/mol. The molecule has 1 heterocycles. The third kappa shape index (κ3) is 5.35. The van der Waals surface area contributed by atoms with E-state index in [4.69, 9.17) is 0 Å². The molecule has 0 spiro atoms. The number of unbranched alkanes of at least 4 members (excludes halogenated alkanes) is 1. The van der Waals surface area contributed by atoms with Crippen LogP contribution in [0.3, 0.4) is 0 Å². The average molecular weight is 265 g/mol. The molecule has 0 bridgehead atoms. The van der Waals surface area contributed by atoms with Crippen molar-refractivity contribution in [3.05, 3.63) is 18.0 Å². The predicted octanol–water partition coefficient (Wildman–Crippen LogP) is 4.16. The Morgan fingerprint density at radius 3 is 2.58 bits per heavy atom. The molecule has 0 saturated carbocycles. The first-order valence-electron chi connectivity index (χ1n) is 8.00. The molecule has 1 N–H and O–H groups in total. The van der Waals surface area contributed by atoms with Gasteiger partial charge in [0.1, 0.15) is 0 Å². The molecule has 0 amide bonds. The SMILES string of the molecule is CCCCC(CC)Cn1cc(C(CC)NCC)cn1. The fourth-order valence-electron chi connectivity index (χ4n) is 2.59. The van der Waals surface area contributed by atoms with Crippen LogP contribution in [-0.4, -0.2) is 16.3 Å². The summed E-state index contributed by atoms with van der Waals surface area (Å²) in [7, 11) is 0. The number of hydrogen-bond acceptors (Lipinski definition) is 2. The van der Waals surface area contributed by atoms with E-state index in [0.717, 1.165) is 25.4 Å². The normalized spacial score (nSPS) is 14.5. The number of nitrogens with one attached hydrogen (secondary N) is 1. The van der Waals surface area contributed by atoms with Crippen molar-refractivity contribution >= 4 is 0 Å². The summed E-state index contributed by atoms with van der Waals surface area (Å²) in [6.45, 7) is 11.0. The second kappa shape index (κ2) is 9.13. The van der Waals surface area contributed by atoms with Gasteiger partial charge in [0, 0.05) is 24.3 Å². The Kier molecular flexibility index (Phi) is 7.80. The van der Waals surface area contributed by atoms with Crippen LogP contribution in [0, 0.1) is 5.92 Å². The van der Waals surface area contributed by atoms with Crippen LogP contribution in [0.4, 0.5) is 0 Å². The zero-order valence-electron chi connectivity index (χ0n) is 13.2. The molecule has 1 aromatic rings. The summed E-state index contributed by atoms with van der Waals surface area (Å²) >= 11 is 0. The molecule has 19 heavy (non-hydrogen) atoms. The molecule has 2 unspecified atom stereocenters. The predicted molar refractivity (Wildman–Crippen MR) is 82.2 cm³/mol. The van der Waals surface area contributed by atoms with Crippen LogP contribution < -0.4 is 5.32 Å². The third-order valence-corrected chi connectivity index (χ3v) is 3.90. The molecule has 0 radical (unpaired) electrons. The van der Waals surface area contributed by atoms with Gasteiger partial charge in [0.2, 0.25) is 0 Å². The minimum absolute atomic E-state index is 0.453. The number of aromatic nitrogens is 2. The minimum Gasteiger partial charge on any atom is -0.310 e. The van der Waals surface area contributed by atoms with Gasteiger partial charge in [0.25, 0.3) is 0 Å². The van der Waals surface area contributed by atoms with Crippen molar-refractivity contribution in [1.82, 2.24) is 15.1 Å². The smallest absolute Gasteiger partial charge is 0.0537 e. The van der Waals surface area contributed by atoms with Crippen LogP contribution >= 0.6 is 0 Å². The summed E-state index contributed by atoms with van der Waals surface area (Å²) in [5, 5.41) is 8.05. The summed E-state index contributed by atoms with van der Waals surface area (Å²) < 4.78 is 2.14. The van der Waals surface area contributed by atoms with Crippen LogP contribution in [0.2, 0.25) is 0 Å². The van der Waals surface area contributed by atoms with E-state index >= 15 is 0 Å². The summed E-state index contributed by atoms with van der Waals surface area (Å²) in [6.07, 6.45) is 10.6. The van der Waals surface area contributed by atoms with Gasteiger partial charge in [-0.3, -0.25) is 4.68 Å². The molecule has 3 nitrogen and oxygen atoms in total. The first-order chi connectivity index (χ1) is 9.24. The summed E-state index contributed by atoms with van der Waals surface area (Å²) in [6, 6.07) is 0.453. The highest BCUT2D eigenvalue weighted by molar-refractivity contribution is 5.10. The highest BCUT2D eigenvalue weighted by Gasteiger charge is 2.12. The van der Waals surface area contributed by atoms with Crippen molar-refractivity contribution in [2.75, 3.05) is 6.54 Å². The molecule has 1 aromatic heterocycles.